The molecule has 29 heavy (non-hydrogen) atoms. The van der Waals surface area contributed by atoms with E-state index < -0.39 is 5.54 Å². The third kappa shape index (κ3) is 2.99. The molecule has 4 nitrogen and oxygen atoms in total. The third-order valence-corrected chi connectivity index (χ3v) is 8.64. The van der Waals surface area contributed by atoms with Gasteiger partial charge in [0.05, 0.1) is 30.3 Å². The van der Waals surface area contributed by atoms with E-state index in [4.69, 9.17) is 21.7 Å². The molecule has 4 rings (SSSR count). The van der Waals surface area contributed by atoms with Crippen molar-refractivity contribution in [3.63, 3.8) is 0 Å². The van der Waals surface area contributed by atoms with Crippen molar-refractivity contribution in [3.05, 3.63) is 56.2 Å². The fourth-order valence-corrected chi connectivity index (χ4v) is 7.17. The van der Waals surface area contributed by atoms with Crippen LogP contribution >= 0.6 is 32.9 Å². The summed E-state index contributed by atoms with van der Waals surface area (Å²) in [4.78, 5) is 16.9. The van der Waals surface area contributed by atoms with Crippen LogP contribution in [0.2, 0.25) is 0 Å². The summed E-state index contributed by atoms with van der Waals surface area (Å²) in [6.07, 6.45) is 0. The molecule has 7 heteroatoms. The highest BCUT2D eigenvalue weighted by Gasteiger charge is 2.43. The molecule has 0 spiro atoms. The summed E-state index contributed by atoms with van der Waals surface area (Å²) in [7, 11) is 6.40. The zero-order valence-electron chi connectivity index (χ0n) is 16.9. The molecule has 2 heterocycles. The Labute approximate surface area is 182 Å². The number of ether oxygens (including phenoxy) is 2. The molecule has 0 N–H and O–H groups in total. The number of benzene rings is 2. The fourth-order valence-electron chi connectivity index (χ4n) is 3.89. The van der Waals surface area contributed by atoms with Crippen molar-refractivity contribution >= 4 is 44.5 Å². The Morgan fingerprint density at radius 1 is 1.07 bits per heavy atom. The second kappa shape index (κ2) is 7.23. The summed E-state index contributed by atoms with van der Waals surface area (Å²) in [6, 6.07) is 11.4. The number of anilines is 1. The maximum absolute atomic E-state index is 13.8. The molecule has 0 unspecified atom stereocenters. The molecule has 0 fully saturated rings. The van der Waals surface area contributed by atoms with Crippen LogP contribution in [0.4, 0.5) is 5.69 Å². The van der Waals surface area contributed by atoms with Crippen molar-refractivity contribution in [1.29, 1.82) is 0 Å². The standard InChI is InChI=1S/C22H21NO3S3/c1-12-7-6-8-14-17-19(28-29-21(17)27)22(2,3)23(18(12)14)20(24)13-9-10-15(25-4)16(11-13)26-5/h6-11H,1-5H3. The third-order valence-electron chi connectivity index (χ3n) is 5.31. The van der Waals surface area contributed by atoms with Crippen LogP contribution in [-0.2, 0) is 5.54 Å². The lowest BCUT2D eigenvalue weighted by Crippen LogP contribution is -2.48. The zero-order chi connectivity index (χ0) is 20.9. The number of hydrogen-bond donors (Lipinski definition) is 0. The molecular weight excluding hydrogens is 422 g/mol. The molecule has 1 aromatic heterocycles. The summed E-state index contributed by atoms with van der Waals surface area (Å²) >= 11 is 5.65. The van der Waals surface area contributed by atoms with E-state index in [0.29, 0.717) is 17.1 Å². The van der Waals surface area contributed by atoms with E-state index in [1.807, 2.05) is 24.0 Å². The number of carbonyl (C=O) groups excluding carboxylic acids is 1. The van der Waals surface area contributed by atoms with Gasteiger partial charge in [-0.2, -0.15) is 0 Å². The summed E-state index contributed by atoms with van der Waals surface area (Å²) in [5.74, 6) is 1.04. The highest BCUT2D eigenvalue weighted by Crippen LogP contribution is 2.53. The average Bonchev–Trinajstić information content (AvgIpc) is 3.10. The van der Waals surface area contributed by atoms with Crippen LogP contribution in [-0.4, -0.2) is 20.1 Å². The molecule has 0 saturated carbocycles. The van der Waals surface area contributed by atoms with Crippen LogP contribution in [0, 0.1) is 10.7 Å². The van der Waals surface area contributed by atoms with E-state index in [2.05, 4.69) is 19.9 Å². The zero-order valence-corrected chi connectivity index (χ0v) is 19.3. The first kappa shape index (κ1) is 20.1. The lowest BCUT2D eigenvalue weighted by Gasteiger charge is -2.43. The largest absolute Gasteiger partial charge is 0.493 e. The van der Waals surface area contributed by atoms with Crippen molar-refractivity contribution in [2.75, 3.05) is 19.1 Å². The summed E-state index contributed by atoms with van der Waals surface area (Å²) < 4.78 is 11.6. The Kier molecular flexibility index (Phi) is 5.01. The second-order valence-corrected chi connectivity index (χ2v) is 10.2. The molecular formula is C22H21NO3S3. The summed E-state index contributed by atoms with van der Waals surface area (Å²) in [6.45, 7) is 6.20. The van der Waals surface area contributed by atoms with Crippen LogP contribution in [0.1, 0.15) is 34.6 Å². The second-order valence-electron chi connectivity index (χ2n) is 7.40. The van der Waals surface area contributed by atoms with E-state index in [9.17, 15) is 4.79 Å². The summed E-state index contributed by atoms with van der Waals surface area (Å²) in [5.41, 5.74) is 4.09. The average molecular weight is 444 g/mol. The number of fused-ring (bicyclic) bond motifs is 3. The van der Waals surface area contributed by atoms with Crippen molar-refractivity contribution in [1.82, 2.24) is 0 Å². The SMILES string of the molecule is COc1ccc(C(=O)N2c3c(C)cccc3-c3c(ssc3=S)C2(C)C)cc1OC. The van der Waals surface area contributed by atoms with Gasteiger partial charge < -0.3 is 9.47 Å². The van der Waals surface area contributed by atoms with Gasteiger partial charge in [0.1, 0.15) is 3.82 Å². The van der Waals surface area contributed by atoms with Gasteiger partial charge in [0.2, 0.25) is 0 Å². The number of rotatable bonds is 3. The van der Waals surface area contributed by atoms with E-state index >= 15 is 0 Å². The molecule has 3 aromatic rings. The Balaban J connectivity index is 1.95. The highest BCUT2D eigenvalue weighted by atomic mass is 32.9. The topological polar surface area (TPSA) is 38.8 Å². The Bertz CT molecular complexity index is 1180. The lowest BCUT2D eigenvalue weighted by molar-refractivity contribution is 0.0961. The number of nitrogens with zero attached hydrogens (tertiary/aromatic N) is 1. The first-order chi connectivity index (χ1) is 13.8. The van der Waals surface area contributed by atoms with Crippen LogP contribution in [0.15, 0.2) is 36.4 Å². The van der Waals surface area contributed by atoms with Gasteiger partial charge >= 0.3 is 0 Å². The van der Waals surface area contributed by atoms with Crippen LogP contribution < -0.4 is 14.4 Å². The highest BCUT2D eigenvalue weighted by molar-refractivity contribution is 7.80. The van der Waals surface area contributed by atoms with Crippen molar-refractivity contribution in [2.24, 2.45) is 0 Å². The lowest BCUT2D eigenvalue weighted by atomic mass is 9.85. The maximum atomic E-state index is 13.8. The fraction of sp³-hybridized carbons (Fsp3) is 0.273. The van der Waals surface area contributed by atoms with Gasteiger partial charge in [0, 0.05) is 16.7 Å². The van der Waals surface area contributed by atoms with Gasteiger partial charge in [-0.3, -0.25) is 9.69 Å². The van der Waals surface area contributed by atoms with Gasteiger partial charge in [-0.1, -0.05) is 51.1 Å². The molecule has 0 aliphatic carbocycles. The number of methoxy groups -OCH3 is 2. The minimum Gasteiger partial charge on any atom is -0.493 e. The predicted octanol–water partition coefficient (Wildman–Crippen LogP) is 6.43. The number of hydrogen-bond acceptors (Lipinski definition) is 6. The molecule has 1 aliphatic rings. The van der Waals surface area contributed by atoms with E-state index in [1.165, 1.54) is 0 Å². The molecule has 2 aromatic carbocycles. The van der Waals surface area contributed by atoms with Crippen LogP contribution in [0.5, 0.6) is 11.5 Å². The van der Waals surface area contributed by atoms with E-state index in [-0.39, 0.29) is 5.91 Å². The van der Waals surface area contributed by atoms with Gasteiger partial charge in [0.25, 0.3) is 5.91 Å². The molecule has 0 radical (unpaired) electrons. The summed E-state index contributed by atoms with van der Waals surface area (Å²) in [5, 5.41) is 0. The molecule has 1 aliphatic heterocycles. The minimum absolute atomic E-state index is 0.0820. The molecule has 1 amide bonds. The molecule has 150 valence electrons. The van der Waals surface area contributed by atoms with Crippen LogP contribution in [0.3, 0.4) is 0 Å². The first-order valence-corrected chi connectivity index (χ1v) is 11.7. The van der Waals surface area contributed by atoms with Gasteiger partial charge in [0.15, 0.2) is 11.5 Å². The van der Waals surface area contributed by atoms with Gasteiger partial charge in [-0.05, 0) is 44.5 Å². The minimum atomic E-state index is -0.531. The normalized spacial score (nSPS) is 14.2. The van der Waals surface area contributed by atoms with Crippen LogP contribution in [0.25, 0.3) is 11.1 Å². The first-order valence-electron chi connectivity index (χ1n) is 9.11. The predicted molar refractivity (Wildman–Crippen MR) is 123 cm³/mol. The number of amides is 1. The molecule has 0 saturated heterocycles. The van der Waals surface area contributed by atoms with E-state index in [1.54, 1.807) is 53.1 Å². The Morgan fingerprint density at radius 3 is 2.48 bits per heavy atom. The van der Waals surface area contributed by atoms with Crippen molar-refractivity contribution in [2.45, 2.75) is 26.3 Å². The number of carbonyl (C=O) groups is 1. The number of aryl methyl sites for hydroxylation is 1. The van der Waals surface area contributed by atoms with Crippen molar-refractivity contribution < 1.29 is 14.3 Å². The number of para-hydroxylation sites is 1. The quantitative estimate of drug-likeness (QED) is 0.345. The van der Waals surface area contributed by atoms with Gasteiger partial charge in [-0.25, -0.2) is 0 Å². The Morgan fingerprint density at radius 2 is 1.79 bits per heavy atom. The monoisotopic (exact) mass is 443 g/mol. The molecule has 0 bridgehead atoms. The maximum Gasteiger partial charge on any atom is 0.259 e. The van der Waals surface area contributed by atoms with Gasteiger partial charge in [-0.15, -0.1) is 0 Å². The molecule has 0 atom stereocenters. The smallest absolute Gasteiger partial charge is 0.259 e. The Hall–Kier alpha value is -2.22. The van der Waals surface area contributed by atoms with Crippen molar-refractivity contribution in [3.8, 4) is 22.6 Å². The van der Waals surface area contributed by atoms with E-state index in [0.717, 1.165) is 31.1 Å².